The van der Waals surface area contributed by atoms with Crippen LogP contribution in [0, 0.1) is 0 Å². The number of amides is 2. The highest BCUT2D eigenvalue weighted by molar-refractivity contribution is 9.11. The molecule has 0 atom stereocenters. The summed E-state index contributed by atoms with van der Waals surface area (Å²) in [4.78, 5) is 29.8. The maximum absolute atomic E-state index is 12.3. The van der Waals surface area contributed by atoms with Crippen molar-refractivity contribution in [2.45, 2.75) is 13.0 Å². The summed E-state index contributed by atoms with van der Waals surface area (Å²) in [7, 11) is 0. The molecule has 0 unspecified atom stereocenters. The standard InChI is InChI=1S/C19H22BrN3O2S/c20-17-7-6-16(26-17)14-22-8-10-23(11-9-22)19(25)13-21-18(24)12-15-4-2-1-3-5-15/h1-7H,8-14H2,(H,21,24). The summed E-state index contributed by atoms with van der Waals surface area (Å²) in [5.74, 6) is -0.128. The average Bonchev–Trinajstić information content (AvgIpc) is 3.06. The fourth-order valence-electron chi connectivity index (χ4n) is 2.94. The number of benzene rings is 1. The first kappa shape index (κ1) is 19.1. The van der Waals surface area contributed by atoms with Crippen molar-refractivity contribution in [2.75, 3.05) is 32.7 Å². The van der Waals surface area contributed by atoms with Crippen LogP contribution in [0.4, 0.5) is 0 Å². The number of rotatable bonds is 6. The van der Waals surface area contributed by atoms with E-state index in [1.165, 1.54) is 4.88 Å². The third-order valence-corrected chi connectivity index (χ3v) is 5.99. The first-order valence-corrected chi connectivity index (χ1v) is 10.3. The number of piperazine rings is 1. The summed E-state index contributed by atoms with van der Waals surface area (Å²) in [5.41, 5.74) is 0.950. The Morgan fingerprint density at radius 3 is 2.42 bits per heavy atom. The Balaban J connectivity index is 1.37. The van der Waals surface area contributed by atoms with Crippen molar-refractivity contribution in [1.29, 1.82) is 0 Å². The zero-order valence-electron chi connectivity index (χ0n) is 14.5. The van der Waals surface area contributed by atoms with Gasteiger partial charge in [0, 0.05) is 37.6 Å². The van der Waals surface area contributed by atoms with Crippen molar-refractivity contribution >= 4 is 39.1 Å². The van der Waals surface area contributed by atoms with Crippen LogP contribution >= 0.6 is 27.3 Å². The molecule has 7 heteroatoms. The van der Waals surface area contributed by atoms with Crippen LogP contribution in [0.15, 0.2) is 46.3 Å². The minimum absolute atomic E-state index is 0.00932. The SMILES string of the molecule is O=C(Cc1ccccc1)NCC(=O)N1CCN(Cc2ccc(Br)s2)CC1. The lowest BCUT2D eigenvalue weighted by molar-refractivity contribution is -0.134. The molecular formula is C19H22BrN3O2S. The molecule has 0 bridgehead atoms. The van der Waals surface area contributed by atoms with Crippen LogP contribution in [0.25, 0.3) is 0 Å². The molecule has 1 fully saturated rings. The minimum atomic E-state index is -0.119. The smallest absolute Gasteiger partial charge is 0.242 e. The fraction of sp³-hybridized carbons (Fsp3) is 0.368. The maximum Gasteiger partial charge on any atom is 0.242 e. The number of nitrogens with one attached hydrogen (secondary N) is 1. The van der Waals surface area contributed by atoms with Crippen LogP contribution in [-0.2, 0) is 22.6 Å². The second kappa shape index (κ2) is 9.30. The highest BCUT2D eigenvalue weighted by Crippen LogP contribution is 2.23. The van der Waals surface area contributed by atoms with E-state index in [1.807, 2.05) is 35.2 Å². The molecule has 3 rings (SSSR count). The predicted octanol–water partition coefficient (Wildman–Crippen LogP) is 2.51. The Labute approximate surface area is 166 Å². The second-order valence-electron chi connectivity index (χ2n) is 6.30. The average molecular weight is 436 g/mol. The monoisotopic (exact) mass is 435 g/mol. The van der Waals surface area contributed by atoms with Crippen molar-refractivity contribution in [3.63, 3.8) is 0 Å². The third kappa shape index (κ3) is 5.65. The lowest BCUT2D eigenvalue weighted by Crippen LogP contribution is -2.50. The van der Waals surface area contributed by atoms with E-state index < -0.39 is 0 Å². The number of carbonyl (C=O) groups excluding carboxylic acids is 2. The molecule has 1 aliphatic heterocycles. The van der Waals surface area contributed by atoms with Gasteiger partial charge in [-0.05, 0) is 33.6 Å². The lowest BCUT2D eigenvalue weighted by Gasteiger charge is -2.34. The van der Waals surface area contributed by atoms with E-state index in [4.69, 9.17) is 0 Å². The van der Waals surface area contributed by atoms with Gasteiger partial charge in [-0.3, -0.25) is 14.5 Å². The molecular weight excluding hydrogens is 414 g/mol. The molecule has 0 saturated carbocycles. The van der Waals surface area contributed by atoms with Crippen LogP contribution in [0.2, 0.25) is 0 Å². The topological polar surface area (TPSA) is 52.7 Å². The van der Waals surface area contributed by atoms with Gasteiger partial charge in [-0.1, -0.05) is 30.3 Å². The Morgan fingerprint density at radius 2 is 1.77 bits per heavy atom. The molecule has 1 aromatic carbocycles. The molecule has 1 saturated heterocycles. The van der Waals surface area contributed by atoms with Crippen LogP contribution in [0.5, 0.6) is 0 Å². The molecule has 0 aliphatic carbocycles. The molecule has 26 heavy (non-hydrogen) atoms. The van der Waals surface area contributed by atoms with E-state index in [0.717, 1.165) is 29.0 Å². The molecule has 1 aliphatic rings. The molecule has 1 N–H and O–H groups in total. The molecule has 1 aromatic heterocycles. The summed E-state index contributed by atoms with van der Waals surface area (Å²) in [6.07, 6.45) is 0.304. The van der Waals surface area contributed by atoms with E-state index in [9.17, 15) is 9.59 Å². The molecule has 0 spiro atoms. The zero-order valence-corrected chi connectivity index (χ0v) is 16.9. The molecule has 2 heterocycles. The Hall–Kier alpha value is -1.70. The summed E-state index contributed by atoms with van der Waals surface area (Å²) in [5, 5.41) is 2.73. The van der Waals surface area contributed by atoms with Gasteiger partial charge in [-0.25, -0.2) is 0 Å². The number of halogens is 1. The van der Waals surface area contributed by atoms with E-state index in [0.29, 0.717) is 19.5 Å². The van der Waals surface area contributed by atoms with Crippen molar-refractivity contribution < 1.29 is 9.59 Å². The number of thiophene rings is 1. The first-order chi connectivity index (χ1) is 12.6. The van der Waals surface area contributed by atoms with Gasteiger partial charge in [-0.2, -0.15) is 0 Å². The maximum atomic E-state index is 12.3. The highest BCUT2D eigenvalue weighted by atomic mass is 79.9. The molecule has 138 valence electrons. The van der Waals surface area contributed by atoms with Gasteiger partial charge in [0.25, 0.3) is 0 Å². The highest BCUT2D eigenvalue weighted by Gasteiger charge is 2.21. The molecule has 2 amide bonds. The van der Waals surface area contributed by atoms with Gasteiger partial charge in [0.1, 0.15) is 0 Å². The predicted molar refractivity (Wildman–Crippen MR) is 107 cm³/mol. The van der Waals surface area contributed by atoms with Crippen LogP contribution in [0.1, 0.15) is 10.4 Å². The van der Waals surface area contributed by atoms with Crippen molar-refractivity contribution in [1.82, 2.24) is 15.1 Å². The summed E-state index contributed by atoms with van der Waals surface area (Å²) >= 11 is 5.24. The van der Waals surface area contributed by atoms with Crippen LogP contribution in [-0.4, -0.2) is 54.3 Å². The zero-order chi connectivity index (χ0) is 18.4. The second-order valence-corrected chi connectivity index (χ2v) is 8.85. The van der Waals surface area contributed by atoms with Crippen LogP contribution < -0.4 is 5.32 Å². The van der Waals surface area contributed by atoms with E-state index in [1.54, 1.807) is 11.3 Å². The first-order valence-electron chi connectivity index (χ1n) is 8.65. The summed E-state index contributed by atoms with van der Waals surface area (Å²) in [6.45, 7) is 4.13. The van der Waals surface area contributed by atoms with Gasteiger partial charge in [0.15, 0.2) is 0 Å². The Kier molecular flexibility index (Phi) is 6.82. The van der Waals surface area contributed by atoms with E-state index >= 15 is 0 Å². The molecule has 5 nitrogen and oxygen atoms in total. The third-order valence-electron chi connectivity index (χ3n) is 4.38. The quantitative estimate of drug-likeness (QED) is 0.758. The number of nitrogens with zero attached hydrogens (tertiary/aromatic N) is 2. The fourth-order valence-corrected chi connectivity index (χ4v) is 4.47. The largest absolute Gasteiger partial charge is 0.347 e. The summed E-state index contributed by atoms with van der Waals surface area (Å²) < 4.78 is 1.15. The van der Waals surface area contributed by atoms with Gasteiger partial charge < -0.3 is 10.2 Å². The molecule has 2 aromatic rings. The van der Waals surface area contributed by atoms with E-state index in [2.05, 4.69) is 38.3 Å². The van der Waals surface area contributed by atoms with Gasteiger partial charge in [-0.15, -0.1) is 11.3 Å². The normalized spacial score (nSPS) is 15.0. The van der Waals surface area contributed by atoms with Gasteiger partial charge in [0.2, 0.25) is 11.8 Å². The van der Waals surface area contributed by atoms with Gasteiger partial charge in [0.05, 0.1) is 16.8 Å². The van der Waals surface area contributed by atoms with Crippen molar-refractivity contribution in [2.24, 2.45) is 0 Å². The number of carbonyl (C=O) groups is 2. The minimum Gasteiger partial charge on any atom is -0.347 e. The number of hydrogen-bond acceptors (Lipinski definition) is 4. The van der Waals surface area contributed by atoms with Crippen molar-refractivity contribution in [3.8, 4) is 0 Å². The number of hydrogen-bond donors (Lipinski definition) is 1. The van der Waals surface area contributed by atoms with Crippen molar-refractivity contribution in [3.05, 3.63) is 56.7 Å². The Morgan fingerprint density at radius 1 is 1.04 bits per heavy atom. The van der Waals surface area contributed by atoms with Crippen LogP contribution in [0.3, 0.4) is 0 Å². The van der Waals surface area contributed by atoms with E-state index in [-0.39, 0.29) is 18.4 Å². The summed E-state index contributed by atoms with van der Waals surface area (Å²) in [6, 6.07) is 13.7. The lowest BCUT2D eigenvalue weighted by atomic mass is 10.1. The van der Waals surface area contributed by atoms with Gasteiger partial charge >= 0.3 is 0 Å². The molecule has 0 radical (unpaired) electrons. The Bertz CT molecular complexity index is 742.